The molecule has 0 radical (unpaired) electrons. The Balaban J connectivity index is 3.27. The molecule has 0 aliphatic heterocycles. The molecule has 0 saturated carbocycles. The minimum absolute atomic E-state index is 0.383. The van der Waals surface area contributed by atoms with Crippen molar-refractivity contribution in [2.24, 2.45) is 0 Å². The average Bonchev–Trinajstić information content (AvgIpc) is 2.15. The molecule has 1 rings (SSSR count). The van der Waals surface area contributed by atoms with Crippen molar-refractivity contribution in [2.45, 2.75) is 38.3 Å². The molecule has 14 heavy (non-hydrogen) atoms. The Bertz CT molecular complexity index is 326. The maximum Gasteiger partial charge on any atom is 0.188 e. The molecular weight excluding hydrogens is 216 g/mol. The molecule has 0 fully saturated rings. The van der Waals surface area contributed by atoms with Gasteiger partial charge in [-0.05, 0) is 18.6 Å². The highest BCUT2D eigenvalue weighted by Gasteiger charge is 2.14. The molecule has 1 heterocycles. The number of thioether (sulfide) groups is 1. The first-order valence-corrected chi connectivity index (χ1v) is 6.30. The minimum Gasteiger partial charge on any atom is -0.227 e. The number of rotatable bonds is 3. The van der Waals surface area contributed by atoms with Gasteiger partial charge in [0.05, 0.1) is 0 Å². The van der Waals surface area contributed by atoms with E-state index in [0.29, 0.717) is 11.1 Å². The summed E-state index contributed by atoms with van der Waals surface area (Å²) in [5.74, 6) is 0.383. The summed E-state index contributed by atoms with van der Waals surface area (Å²) in [5, 5.41) is 1.37. The summed E-state index contributed by atoms with van der Waals surface area (Å²) in [6.07, 6.45) is 2.86. The van der Waals surface area contributed by atoms with Crippen LogP contribution in [0.2, 0.25) is 5.15 Å². The van der Waals surface area contributed by atoms with Gasteiger partial charge in [-0.15, -0.1) is 0 Å². The highest BCUT2D eigenvalue weighted by Crippen LogP contribution is 2.27. The van der Waals surface area contributed by atoms with Crippen LogP contribution < -0.4 is 0 Å². The van der Waals surface area contributed by atoms with E-state index in [1.807, 2.05) is 6.26 Å². The Labute approximate surface area is 94.5 Å². The number of hydrogen-bond donors (Lipinski definition) is 0. The molecule has 1 aromatic heterocycles. The largest absolute Gasteiger partial charge is 0.227 e. The summed E-state index contributed by atoms with van der Waals surface area (Å²) in [5.41, 5.74) is 2.16. The minimum atomic E-state index is 0.383. The van der Waals surface area contributed by atoms with Gasteiger partial charge in [-0.25, -0.2) is 9.97 Å². The van der Waals surface area contributed by atoms with E-state index in [-0.39, 0.29) is 0 Å². The zero-order chi connectivity index (χ0) is 10.7. The highest BCUT2D eigenvalue weighted by molar-refractivity contribution is 7.98. The Kier molecular flexibility index (Phi) is 4.20. The SMILES string of the molecule is CCc1nc(SC)nc(Cl)c1C(C)C. The van der Waals surface area contributed by atoms with Gasteiger partial charge in [0, 0.05) is 11.3 Å². The number of hydrogen-bond acceptors (Lipinski definition) is 3. The van der Waals surface area contributed by atoms with E-state index in [2.05, 4.69) is 30.7 Å². The van der Waals surface area contributed by atoms with Crippen molar-refractivity contribution >= 4 is 23.4 Å². The molecule has 0 spiro atoms. The summed E-state index contributed by atoms with van der Waals surface area (Å²) in [6.45, 7) is 6.32. The summed E-state index contributed by atoms with van der Waals surface area (Å²) in [6, 6.07) is 0. The quantitative estimate of drug-likeness (QED) is 0.451. The standard InChI is InChI=1S/C10H15ClN2S/c1-5-7-8(6(2)3)9(11)13-10(12-7)14-4/h6H,5H2,1-4H3. The lowest BCUT2D eigenvalue weighted by Gasteiger charge is -2.12. The Morgan fingerprint density at radius 2 is 2.00 bits per heavy atom. The van der Waals surface area contributed by atoms with Crippen molar-refractivity contribution in [2.75, 3.05) is 6.26 Å². The Morgan fingerprint density at radius 3 is 2.43 bits per heavy atom. The third-order valence-electron chi connectivity index (χ3n) is 2.05. The summed E-state index contributed by atoms with van der Waals surface area (Å²) >= 11 is 7.65. The van der Waals surface area contributed by atoms with E-state index in [1.165, 1.54) is 11.8 Å². The fourth-order valence-electron chi connectivity index (χ4n) is 1.40. The molecule has 0 bridgehead atoms. The molecule has 0 amide bonds. The topological polar surface area (TPSA) is 25.8 Å². The van der Waals surface area contributed by atoms with Crippen molar-refractivity contribution in [1.82, 2.24) is 9.97 Å². The molecule has 78 valence electrons. The number of aromatic nitrogens is 2. The maximum atomic E-state index is 6.12. The molecule has 0 N–H and O–H groups in total. The van der Waals surface area contributed by atoms with Crippen LogP contribution in [0.15, 0.2) is 5.16 Å². The smallest absolute Gasteiger partial charge is 0.188 e. The van der Waals surface area contributed by atoms with Gasteiger partial charge in [-0.1, -0.05) is 44.1 Å². The summed E-state index contributed by atoms with van der Waals surface area (Å²) in [7, 11) is 0. The molecule has 2 nitrogen and oxygen atoms in total. The molecule has 0 saturated heterocycles. The second kappa shape index (κ2) is 4.99. The predicted octanol–water partition coefficient (Wildman–Crippen LogP) is 3.54. The van der Waals surface area contributed by atoms with Crippen LogP contribution >= 0.6 is 23.4 Å². The van der Waals surface area contributed by atoms with Crippen LogP contribution in [0.1, 0.15) is 37.9 Å². The molecule has 4 heteroatoms. The monoisotopic (exact) mass is 230 g/mol. The van der Waals surface area contributed by atoms with Gasteiger partial charge >= 0.3 is 0 Å². The van der Waals surface area contributed by atoms with Crippen molar-refractivity contribution < 1.29 is 0 Å². The van der Waals surface area contributed by atoms with Gasteiger partial charge in [0.1, 0.15) is 5.15 Å². The lowest BCUT2D eigenvalue weighted by atomic mass is 10.0. The first-order chi connectivity index (χ1) is 6.60. The predicted molar refractivity (Wildman–Crippen MR) is 62.3 cm³/mol. The van der Waals surface area contributed by atoms with Gasteiger partial charge in [-0.3, -0.25) is 0 Å². The second-order valence-electron chi connectivity index (χ2n) is 3.37. The molecule has 0 aliphatic rings. The van der Waals surface area contributed by atoms with Crippen LogP contribution in [0.4, 0.5) is 0 Å². The zero-order valence-corrected chi connectivity index (χ0v) is 10.5. The second-order valence-corrected chi connectivity index (χ2v) is 4.50. The molecular formula is C10H15ClN2S. The van der Waals surface area contributed by atoms with Crippen LogP contribution in [0.25, 0.3) is 0 Å². The third kappa shape index (κ3) is 2.39. The molecule has 0 aromatic carbocycles. The fourth-order valence-corrected chi connectivity index (χ4v) is 2.24. The van der Waals surface area contributed by atoms with Crippen molar-refractivity contribution in [3.8, 4) is 0 Å². The average molecular weight is 231 g/mol. The van der Waals surface area contributed by atoms with E-state index >= 15 is 0 Å². The highest BCUT2D eigenvalue weighted by atomic mass is 35.5. The van der Waals surface area contributed by atoms with E-state index in [0.717, 1.165) is 22.8 Å². The first kappa shape index (κ1) is 11.8. The number of nitrogens with zero attached hydrogens (tertiary/aromatic N) is 2. The number of aryl methyl sites for hydroxylation is 1. The summed E-state index contributed by atoms with van der Waals surface area (Å²) < 4.78 is 0. The molecule has 0 unspecified atom stereocenters. The van der Waals surface area contributed by atoms with Crippen molar-refractivity contribution in [3.05, 3.63) is 16.4 Å². The maximum absolute atomic E-state index is 6.12. The molecule has 0 aliphatic carbocycles. The Morgan fingerprint density at radius 1 is 1.36 bits per heavy atom. The molecule has 0 atom stereocenters. The van der Waals surface area contributed by atoms with Crippen LogP contribution in [-0.4, -0.2) is 16.2 Å². The normalized spacial score (nSPS) is 11.0. The summed E-state index contributed by atoms with van der Waals surface area (Å²) in [4.78, 5) is 8.70. The van der Waals surface area contributed by atoms with E-state index in [9.17, 15) is 0 Å². The van der Waals surface area contributed by atoms with Gasteiger partial charge in [0.15, 0.2) is 5.16 Å². The molecule has 1 aromatic rings. The Hall–Kier alpha value is -0.280. The third-order valence-corrected chi connectivity index (χ3v) is 2.89. The zero-order valence-electron chi connectivity index (χ0n) is 8.97. The van der Waals surface area contributed by atoms with Crippen LogP contribution in [-0.2, 0) is 6.42 Å². The van der Waals surface area contributed by atoms with E-state index in [4.69, 9.17) is 11.6 Å². The van der Waals surface area contributed by atoms with Gasteiger partial charge in [-0.2, -0.15) is 0 Å². The number of halogens is 1. The van der Waals surface area contributed by atoms with Crippen molar-refractivity contribution in [1.29, 1.82) is 0 Å². The van der Waals surface area contributed by atoms with Crippen LogP contribution in [0, 0.1) is 0 Å². The lowest BCUT2D eigenvalue weighted by molar-refractivity contribution is 0.778. The fraction of sp³-hybridized carbons (Fsp3) is 0.600. The van der Waals surface area contributed by atoms with Crippen LogP contribution in [0.3, 0.4) is 0 Å². The lowest BCUT2D eigenvalue weighted by Crippen LogP contribution is -2.03. The van der Waals surface area contributed by atoms with Gasteiger partial charge in [0.25, 0.3) is 0 Å². The van der Waals surface area contributed by atoms with E-state index < -0.39 is 0 Å². The van der Waals surface area contributed by atoms with Crippen LogP contribution in [0.5, 0.6) is 0 Å². The first-order valence-electron chi connectivity index (χ1n) is 4.70. The van der Waals surface area contributed by atoms with E-state index in [1.54, 1.807) is 0 Å². The van der Waals surface area contributed by atoms with Gasteiger partial charge in [0.2, 0.25) is 0 Å². The van der Waals surface area contributed by atoms with Gasteiger partial charge < -0.3 is 0 Å². The van der Waals surface area contributed by atoms with Crippen molar-refractivity contribution in [3.63, 3.8) is 0 Å².